The van der Waals surface area contributed by atoms with Crippen molar-refractivity contribution < 1.29 is 17.9 Å². The number of rotatable bonds is 6. The molecule has 2 rings (SSSR count). The third-order valence-electron chi connectivity index (χ3n) is 4.07. The van der Waals surface area contributed by atoms with E-state index in [-0.39, 0.29) is 5.75 Å². The maximum Gasteiger partial charge on any atom is 0.422 e. The molecule has 0 radical (unpaired) electrons. The Morgan fingerprint density at radius 2 is 1.85 bits per heavy atom. The van der Waals surface area contributed by atoms with Crippen LogP contribution in [0.1, 0.15) is 23.6 Å². The molecule has 0 aliphatic rings. The lowest BCUT2D eigenvalue weighted by atomic mass is 10.0. The standard InChI is InChI=1S/C20H23F3N2OS/c1-5-25(4)19(24)17-9-14(3)18(10-13(17)2)27-16-8-6-7-15(11-16)26-12-20(21,22)23/h6-11,24H,5,12H2,1-4H3. The summed E-state index contributed by atoms with van der Waals surface area (Å²) in [4.78, 5) is 3.66. The van der Waals surface area contributed by atoms with E-state index in [1.807, 2.05) is 50.9 Å². The molecule has 0 aromatic heterocycles. The van der Waals surface area contributed by atoms with Gasteiger partial charge in [-0.15, -0.1) is 0 Å². The van der Waals surface area contributed by atoms with Crippen LogP contribution < -0.4 is 4.74 Å². The number of nitrogens with one attached hydrogen (secondary N) is 1. The van der Waals surface area contributed by atoms with E-state index in [0.29, 0.717) is 5.84 Å². The number of amidine groups is 1. The van der Waals surface area contributed by atoms with Crippen molar-refractivity contribution in [3.05, 3.63) is 53.1 Å². The minimum absolute atomic E-state index is 0.190. The van der Waals surface area contributed by atoms with Crippen molar-refractivity contribution in [2.75, 3.05) is 20.2 Å². The summed E-state index contributed by atoms with van der Waals surface area (Å²) in [5.74, 6) is 0.659. The molecule has 27 heavy (non-hydrogen) atoms. The molecular weight excluding hydrogens is 373 g/mol. The Bertz CT molecular complexity index is 821. The van der Waals surface area contributed by atoms with Crippen molar-refractivity contribution in [1.82, 2.24) is 4.90 Å². The molecule has 1 N–H and O–H groups in total. The Kier molecular flexibility index (Phi) is 6.81. The molecule has 0 fully saturated rings. The number of alkyl halides is 3. The summed E-state index contributed by atoms with van der Waals surface area (Å²) in [5, 5.41) is 8.30. The van der Waals surface area contributed by atoms with Gasteiger partial charge in [0.1, 0.15) is 11.6 Å². The van der Waals surface area contributed by atoms with Crippen LogP contribution in [0.3, 0.4) is 0 Å². The summed E-state index contributed by atoms with van der Waals surface area (Å²) in [6.07, 6.45) is -4.36. The van der Waals surface area contributed by atoms with Crippen LogP contribution in [-0.2, 0) is 0 Å². The largest absolute Gasteiger partial charge is 0.484 e. The number of hydrogen-bond acceptors (Lipinski definition) is 3. The van der Waals surface area contributed by atoms with Gasteiger partial charge in [0, 0.05) is 28.9 Å². The number of ether oxygens (including phenoxy) is 1. The Hall–Kier alpha value is -2.15. The van der Waals surface area contributed by atoms with Crippen molar-refractivity contribution >= 4 is 17.6 Å². The zero-order valence-electron chi connectivity index (χ0n) is 15.8. The van der Waals surface area contributed by atoms with Crippen LogP contribution >= 0.6 is 11.8 Å². The Morgan fingerprint density at radius 1 is 1.15 bits per heavy atom. The molecule has 0 spiro atoms. The fourth-order valence-corrected chi connectivity index (χ4v) is 3.47. The molecule has 0 amide bonds. The Morgan fingerprint density at radius 3 is 2.48 bits per heavy atom. The molecule has 2 aromatic carbocycles. The highest BCUT2D eigenvalue weighted by molar-refractivity contribution is 7.99. The van der Waals surface area contributed by atoms with Crippen molar-refractivity contribution in [2.24, 2.45) is 0 Å². The highest BCUT2D eigenvalue weighted by atomic mass is 32.2. The molecule has 0 heterocycles. The van der Waals surface area contributed by atoms with Gasteiger partial charge in [-0.25, -0.2) is 0 Å². The quantitative estimate of drug-likeness (QED) is 0.505. The molecule has 2 aromatic rings. The van der Waals surface area contributed by atoms with Crippen LogP contribution in [0.25, 0.3) is 0 Å². The van der Waals surface area contributed by atoms with E-state index in [2.05, 4.69) is 0 Å². The van der Waals surface area contributed by atoms with E-state index in [1.54, 1.807) is 12.1 Å². The average Bonchev–Trinajstić information content (AvgIpc) is 2.61. The van der Waals surface area contributed by atoms with Gasteiger partial charge >= 0.3 is 6.18 Å². The van der Waals surface area contributed by atoms with Gasteiger partial charge in [0.2, 0.25) is 0 Å². The fraction of sp³-hybridized carbons (Fsp3) is 0.350. The molecule has 146 valence electrons. The molecule has 0 bridgehead atoms. The van der Waals surface area contributed by atoms with Gasteiger partial charge in [-0.3, -0.25) is 5.41 Å². The first-order valence-corrected chi connectivity index (χ1v) is 9.31. The van der Waals surface area contributed by atoms with Crippen molar-refractivity contribution in [1.29, 1.82) is 5.41 Å². The van der Waals surface area contributed by atoms with E-state index < -0.39 is 12.8 Å². The molecule has 0 saturated carbocycles. The van der Waals surface area contributed by atoms with Gasteiger partial charge in [0.15, 0.2) is 6.61 Å². The first-order valence-electron chi connectivity index (χ1n) is 8.49. The smallest absolute Gasteiger partial charge is 0.422 e. The molecular formula is C20H23F3N2OS. The number of benzene rings is 2. The summed E-state index contributed by atoms with van der Waals surface area (Å²) < 4.78 is 41.8. The Labute approximate surface area is 162 Å². The van der Waals surface area contributed by atoms with Gasteiger partial charge in [0.25, 0.3) is 0 Å². The maximum absolute atomic E-state index is 12.3. The zero-order chi connectivity index (χ0) is 20.2. The van der Waals surface area contributed by atoms with E-state index in [0.717, 1.165) is 33.0 Å². The van der Waals surface area contributed by atoms with Gasteiger partial charge in [0.05, 0.1) is 0 Å². The van der Waals surface area contributed by atoms with Crippen molar-refractivity contribution in [3.8, 4) is 5.75 Å². The summed E-state index contributed by atoms with van der Waals surface area (Å²) in [7, 11) is 1.88. The number of hydrogen-bond donors (Lipinski definition) is 1. The third-order valence-corrected chi connectivity index (χ3v) is 5.22. The monoisotopic (exact) mass is 396 g/mol. The number of aryl methyl sites for hydroxylation is 2. The van der Waals surface area contributed by atoms with Gasteiger partial charge < -0.3 is 9.64 Å². The Balaban J connectivity index is 2.20. The predicted octanol–water partition coefficient (Wildman–Crippen LogP) is 5.67. The SMILES string of the molecule is CCN(C)C(=N)c1cc(C)c(Sc2cccc(OCC(F)(F)F)c2)cc1C. The molecule has 0 aliphatic carbocycles. The molecule has 0 atom stereocenters. The van der Waals surface area contributed by atoms with Gasteiger partial charge in [-0.1, -0.05) is 17.8 Å². The highest BCUT2D eigenvalue weighted by Gasteiger charge is 2.28. The van der Waals surface area contributed by atoms with Crippen LogP contribution in [0, 0.1) is 19.3 Å². The first-order chi connectivity index (χ1) is 12.6. The lowest BCUT2D eigenvalue weighted by molar-refractivity contribution is -0.153. The summed E-state index contributed by atoms with van der Waals surface area (Å²) >= 11 is 1.47. The second-order valence-electron chi connectivity index (χ2n) is 6.28. The highest BCUT2D eigenvalue weighted by Crippen LogP contribution is 2.34. The lowest BCUT2D eigenvalue weighted by Crippen LogP contribution is -2.27. The first kappa shape index (κ1) is 21.2. The third kappa shape index (κ3) is 5.92. The second-order valence-corrected chi connectivity index (χ2v) is 7.39. The minimum atomic E-state index is -4.36. The fourth-order valence-electron chi connectivity index (χ4n) is 2.44. The van der Waals surface area contributed by atoms with Crippen molar-refractivity contribution in [3.63, 3.8) is 0 Å². The van der Waals surface area contributed by atoms with Crippen molar-refractivity contribution in [2.45, 2.75) is 36.7 Å². The number of halogens is 3. The molecule has 0 aliphatic heterocycles. The normalized spacial score (nSPS) is 11.4. The van der Waals surface area contributed by atoms with Crippen LogP contribution in [0.15, 0.2) is 46.2 Å². The minimum Gasteiger partial charge on any atom is -0.484 e. The maximum atomic E-state index is 12.3. The van der Waals surface area contributed by atoms with Crippen LogP contribution in [0.4, 0.5) is 13.2 Å². The topological polar surface area (TPSA) is 36.3 Å². The summed E-state index contributed by atoms with van der Waals surface area (Å²) in [6.45, 7) is 5.36. The van der Waals surface area contributed by atoms with E-state index in [9.17, 15) is 13.2 Å². The van der Waals surface area contributed by atoms with Gasteiger partial charge in [-0.05, 0) is 62.2 Å². The zero-order valence-corrected chi connectivity index (χ0v) is 16.6. The van der Waals surface area contributed by atoms with E-state index in [4.69, 9.17) is 10.1 Å². The second kappa shape index (κ2) is 8.69. The molecule has 3 nitrogen and oxygen atoms in total. The molecule has 0 unspecified atom stereocenters. The van der Waals surface area contributed by atoms with Crippen LogP contribution in [0.5, 0.6) is 5.75 Å². The van der Waals surface area contributed by atoms with E-state index >= 15 is 0 Å². The summed E-state index contributed by atoms with van der Waals surface area (Å²) in [6, 6.07) is 10.6. The van der Waals surface area contributed by atoms with Crippen LogP contribution in [0.2, 0.25) is 0 Å². The van der Waals surface area contributed by atoms with Crippen LogP contribution in [-0.4, -0.2) is 37.1 Å². The summed E-state index contributed by atoms with van der Waals surface area (Å²) in [5.41, 5.74) is 2.87. The van der Waals surface area contributed by atoms with E-state index in [1.165, 1.54) is 17.8 Å². The number of nitrogens with zero attached hydrogens (tertiary/aromatic N) is 1. The molecule has 0 saturated heterocycles. The lowest BCUT2D eigenvalue weighted by Gasteiger charge is -2.20. The van der Waals surface area contributed by atoms with Gasteiger partial charge in [-0.2, -0.15) is 13.2 Å². The molecule has 7 heteroatoms. The predicted molar refractivity (Wildman–Crippen MR) is 103 cm³/mol. The average molecular weight is 396 g/mol.